The van der Waals surface area contributed by atoms with Gasteiger partial charge in [0.1, 0.15) is 4.99 Å². The van der Waals surface area contributed by atoms with E-state index in [1.165, 1.54) is 0 Å². The first kappa shape index (κ1) is 13.3. The van der Waals surface area contributed by atoms with Crippen molar-refractivity contribution in [2.75, 3.05) is 5.32 Å². The van der Waals surface area contributed by atoms with Crippen molar-refractivity contribution in [2.24, 2.45) is 5.73 Å². The van der Waals surface area contributed by atoms with Crippen molar-refractivity contribution < 1.29 is 0 Å². The molecule has 3 nitrogen and oxygen atoms in total. The zero-order valence-corrected chi connectivity index (χ0v) is 12.6. The minimum atomic E-state index is 0.263. The molecule has 3 N–H and O–H groups in total. The van der Waals surface area contributed by atoms with E-state index in [-0.39, 0.29) is 4.99 Å². The predicted octanol–water partition coefficient (Wildman–Crippen LogP) is 4.33. The summed E-state index contributed by atoms with van der Waals surface area (Å²) in [7, 11) is 0. The molecule has 0 atom stereocenters. The van der Waals surface area contributed by atoms with Gasteiger partial charge in [0, 0.05) is 0 Å². The third-order valence-corrected chi connectivity index (χ3v) is 4.27. The summed E-state index contributed by atoms with van der Waals surface area (Å²) in [4.78, 5) is 4.78. The number of nitrogens with zero attached hydrogens (tertiary/aromatic N) is 1. The van der Waals surface area contributed by atoms with Gasteiger partial charge in [-0.3, -0.25) is 0 Å². The van der Waals surface area contributed by atoms with Crippen molar-refractivity contribution in [2.45, 2.75) is 0 Å². The van der Waals surface area contributed by atoms with Crippen LogP contribution in [0.3, 0.4) is 0 Å². The smallest absolute Gasteiger partial charge is 0.188 e. The van der Waals surface area contributed by atoms with Crippen LogP contribution in [0.2, 0.25) is 5.02 Å². The number of nitrogens with two attached hydrogens (primary N) is 1. The zero-order chi connectivity index (χ0) is 14.1. The van der Waals surface area contributed by atoms with E-state index >= 15 is 0 Å². The SMILES string of the molecule is NC(=S)c1c(Cl)cccc1Nc1nc2ccccc2s1. The van der Waals surface area contributed by atoms with Crippen LogP contribution >= 0.6 is 35.2 Å². The van der Waals surface area contributed by atoms with Crippen LogP contribution in [0.25, 0.3) is 10.2 Å². The molecule has 0 aliphatic carbocycles. The number of hydrogen-bond acceptors (Lipinski definition) is 4. The second-order valence-electron chi connectivity index (χ2n) is 4.14. The van der Waals surface area contributed by atoms with Crippen LogP contribution in [-0.2, 0) is 0 Å². The Labute approximate surface area is 130 Å². The van der Waals surface area contributed by atoms with Gasteiger partial charge < -0.3 is 11.1 Å². The number of thiocarbonyl (C=S) groups is 1. The predicted molar refractivity (Wildman–Crippen MR) is 90.2 cm³/mol. The van der Waals surface area contributed by atoms with E-state index in [1.54, 1.807) is 17.4 Å². The molecule has 0 saturated heterocycles. The van der Waals surface area contributed by atoms with Gasteiger partial charge in [0.25, 0.3) is 0 Å². The third-order valence-electron chi connectivity index (χ3n) is 2.80. The van der Waals surface area contributed by atoms with Crippen molar-refractivity contribution in [3.05, 3.63) is 53.1 Å². The van der Waals surface area contributed by atoms with Crippen molar-refractivity contribution in [3.8, 4) is 0 Å². The molecule has 1 heterocycles. The second-order valence-corrected chi connectivity index (χ2v) is 6.02. The van der Waals surface area contributed by atoms with Crippen molar-refractivity contribution >= 4 is 61.2 Å². The molecular weight excluding hydrogens is 310 g/mol. The number of fused-ring (bicyclic) bond motifs is 1. The number of rotatable bonds is 3. The van der Waals surface area contributed by atoms with Crippen molar-refractivity contribution in [1.82, 2.24) is 4.98 Å². The normalized spacial score (nSPS) is 10.7. The van der Waals surface area contributed by atoms with Gasteiger partial charge in [0.2, 0.25) is 0 Å². The third kappa shape index (κ3) is 2.47. The first-order chi connectivity index (χ1) is 9.65. The molecule has 1 aromatic heterocycles. The maximum atomic E-state index is 6.14. The Bertz CT molecular complexity index is 765. The van der Waals surface area contributed by atoms with E-state index in [0.29, 0.717) is 10.6 Å². The van der Waals surface area contributed by atoms with Crippen molar-refractivity contribution in [3.63, 3.8) is 0 Å². The highest BCUT2D eigenvalue weighted by Gasteiger charge is 2.11. The monoisotopic (exact) mass is 319 g/mol. The van der Waals surface area contributed by atoms with Crippen LogP contribution in [-0.4, -0.2) is 9.97 Å². The number of para-hydroxylation sites is 1. The highest BCUT2D eigenvalue weighted by Crippen LogP contribution is 2.31. The van der Waals surface area contributed by atoms with Gasteiger partial charge in [-0.1, -0.05) is 53.4 Å². The Kier molecular flexibility index (Phi) is 3.56. The molecule has 0 spiro atoms. The summed E-state index contributed by atoms with van der Waals surface area (Å²) in [6, 6.07) is 13.5. The van der Waals surface area contributed by atoms with E-state index in [1.807, 2.05) is 36.4 Å². The molecule has 0 radical (unpaired) electrons. The van der Waals surface area contributed by atoms with E-state index < -0.39 is 0 Å². The number of hydrogen-bond donors (Lipinski definition) is 2. The number of aromatic nitrogens is 1. The summed E-state index contributed by atoms with van der Waals surface area (Å²) in [5.41, 5.74) is 8.10. The van der Waals surface area contributed by atoms with Gasteiger partial charge in [-0.25, -0.2) is 4.98 Å². The molecule has 0 unspecified atom stereocenters. The molecule has 0 bridgehead atoms. The maximum Gasteiger partial charge on any atom is 0.188 e. The minimum Gasteiger partial charge on any atom is -0.389 e. The summed E-state index contributed by atoms with van der Waals surface area (Å²) < 4.78 is 1.12. The molecule has 0 amide bonds. The number of thiazole rings is 1. The number of anilines is 2. The molecule has 6 heteroatoms. The summed E-state index contributed by atoms with van der Waals surface area (Å²) in [6.07, 6.45) is 0. The van der Waals surface area contributed by atoms with Gasteiger partial charge in [-0.2, -0.15) is 0 Å². The topological polar surface area (TPSA) is 50.9 Å². The number of halogens is 1. The van der Waals surface area contributed by atoms with E-state index in [2.05, 4.69) is 10.3 Å². The van der Waals surface area contributed by atoms with Crippen LogP contribution in [0.15, 0.2) is 42.5 Å². The Morgan fingerprint density at radius 3 is 2.75 bits per heavy atom. The average Bonchev–Trinajstić information content (AvgIpc) is 2.80. The molecule has 0 aliphatic rings. The number of benzene rings is 2. The molecule has 3 aromatic rings. The molecule has 0 aliphatic heterocycles. The van der Waals surface area contributed by atoms with Crippen LogP contribution < -0.4 is 11.1 Å². The first-order valence-corrected chi connectivity index (χ1v) is 7.46. The molecule has 2 aromatic carbocycles. The zero-order valence-electron chi connectivity index (χ0n) is 10.3. The quantitative estimate of drug-likeness (QED) is 0.706. The minimum absolute atomic E-state index is 0.263. The highest BCUT2D eigenvalue weighted by molar-refractivity contribution is 7.80. The lowest BCUT2D eigenvalue weighted by atomic mass is 10.2. The summed E-state index contributed by atoms with van der Waals surface area (Å²) in [5.74, 6) is 0. The fraction of sp³-hybridized carbons (Fsp3) is 0. The molecule has 3 rings (SSSR count). The van der Waals surface area contributed by atoms with Gasteiger partial charge in [0.05, 0.1) is 26.5 Å². The van der Waals surface area contributed by atoms with E-state index in [0.717, 1.165) is 21.0 Å². The second kappa shape index (κ2) is 5.36. The van der Waals surface area contributed by atoms with E-state index in [9.17, 15) is 0 Å². The van der Waals surface area contributed by atoms with Crippen LogP contribution in [0.4, 0.5) is 10.8 Å². The van der Waals surface area contributed by atoms with Gasteiger partial charge in [0.15, 0.2) is 5.13 Å². The molecular formula is C14H10ClN3S2. The molecule has 0 saturated carbocycles. The van der Waals surface area contributed by atoms with Crippen LogP contribution in [0.1, 0.15) is 5.56 Å². The Morgan fingerprint density at radius 1 is 1.20 bits per heavy atom. The Hall–Kier alpha value is -1.69. The fourth-order valence-electron chi connectivity index (χ4n) is 1.92. The standard InChI is InChI=1S/C14H10ClN3S2/c15-8-4-3-6-10(12(8)13(16)19)18-14-17-9-5-1-2-7-11(9)20-14/h1-7H,(H2,16,19)(H,17,18). The molecule has 20 heavy (non-hydrogen) atoms. The largest absolute Gasteiger partial charge is 0.389 e. The Morgan fingerprint density at radius 2 is 2.00 bits per heavy atom. The van der Waals surface area contributed by atoms with Gasteiger partial charge in [-0.15, -0.1) is 0 Å². The average molecular weight is 320 g/mol. The molecule has 0 fully saturated rings. The van der Waals surface area contributed by atoms with Gasteiger partial charge >= 0.3 is 0 Å². The van der Waals surface area contributed by atoms with Crippen LogP contribution in [0.5, 0.6) is 0 Å². The van der Waals surface area contributed by atoms with Gasteiger partial charge in [-0.05, 0) is 24.3 Å². The fourth-order valence-corrected chi connectivity index (χ4v) is 3.35. The first-order valence-electron chi connectivity index (χ1n) is 5.86. The lowest BCUT2D eigenvalue weighted by Crippen LogP contribution is -2.12. The summed E-state index contributed by atoms with van der Waals surface area (Å²) in [6.45, 7) is 0. The lowest BCUT2D eigenvalue weighted by Gasteiger charge is -2.10. The summed E-state index contributed by atoms with van der Waals surface area (Å²) >= 11 is 12.8. The van der Waals surface area contributed by atoms with E-state index in [4.69, 9.17) is 29.6 Å². The number of nitrogens with one attached hydrogen (secondary N) is 1. The van der Waals surface area contributed by atoms with Crippen molar-refractivity contribution in [1.29, 1.82) is 0 Å². The molecule has 100 valence electrons. The maximum absolute atomic E-state index is 6.14. The van der Waals surface area contributed by atoms with Crippen LogP contribution in [0, 0.1) is 0 Å². The highest BCUT2D eigenvalue weighted by atomic mass is 35.5. The Balaban J connectivity index is 2.02. The lowest BCUT2D eigenvalue weighted by molar-refractivity contribution is 1.44. The summed E-state index contributed by atoms with van der Waals surface area (Å²) in [5, 5.41) is 4.55.